The lowest BCUT2D eigenvalue weighted by Gasteiger charge is -2.14. The van der Waals surface area contributed by atoms with Crippen LogP contribution >= 0.6 is 0 Å². The third-order valence-electron chi connectivity index (χ3n) is 2.17. The quantitative estimate of drug-likeness (QED) is 0.613. The topological polar surface area (TPSA) is 81.1 Å². The van der Waals surface area contributed by atoms with Crippen LogP contribution in [0.5, 0.6) is 0 Å². The second kappa shape index (κ2) is 3.18. The zero-order valence-corrected chi connectivity index (χ0v) is 7.35. The minimum Gasteiger partial charge on any atom is -0.384 e. The summed E-state index contributed by atoms with van der Waals surface area (Å²) in [6.07, 6.45) is 2.67. The first-order valence-corrected chi connectivity index (χ1v) is 4.35. The van der Waals surface area contributed by atoms with Gasteiger partial charge in [0, 0.05) is 25.3 Å². The number of hydrogen-bond acceptors (Lipinski definition) is 5. The highest BCUT2D eigenvalue weighted by Gasteiger charge is 2.20. The molecular weight excluding hydrogens is 166 g/mol. The van der Waals surface area contributed by atoms with Crippen molar-refractivity contribution in [1.82, 2.24) is 9.97 Å². The van der Waals surface area contributed by atoms with Crippen molar-refractivity contribution >= 4 is 11.8 Å². The van der Waals surface area contributed by atoms with Crippen LogP contribution < -0.4 is 16.4 Å². The van der Waals surface area contributed by atoms with E-state index < -0.39 is 0 Å². The second-order valence-corrected chi connectivity index (χ2v) is 3.28. The van der Waals surface area contributed by atoms with Crippen molar-refractivity contribution in [2.75, 3.05) is 23.7 Å². The van der Waals surface area contributed by atoms with Crippen LogP contribution in [-0.4, -0.2) is 29.1 Å². The van der Waals surface area contributed by atoms with Crippen LogP contribution in [0, 0.1) is 0 Å². The fourth-order valence-electron chi connectivity index (χ4n) is 1.48. The fourth-order valence-corrected chi connectivity index (χ4v) is 1.48. The molecule has 70 valence electrons. The maximum Gasteiger partial charge on any atom is 0.227 e. The molecule has 0 bridgehead atoms. The zero-order chi connectivity index (χ0) is 9.26. The molecule has 5 nitrogen and oxygen atoms in total. The Morgan fingerprint density at radius 1 is 1.54 bits per heavy atom. The van der Waals surface area contributed by atoms with Crippen molar-refractivity contribution in [2.45, 2.75) is 12.5 Å². The molecule has 1 aliphatic rings. The average molecular weight is 179 g/mol. The van der Waals surface area contributed by atoms with E-state index >= 15 is 0 Å². The van der Waals surface area contributed by atoms with Crippen LogP contribution in [0.4, 0.5) is 11.8 Å². The van der Waals surface area contributed by atoms with Gasteiger partial charge in [0.05, 0.1) is 0 Å². The van der Waals surface area contributed by atoms with Gasteiger partial charge in [0.25, 0.3) is 0 Å². The van der Waals surface area contributed by atoms with E-state index in [0.29, 0.717) is 11.8 Å². The van der Waals surface area contributed by atoms with E-state index in [1.165, 1.54) is 0 Å². The molecule has 2 rings (SSSR count). The molecule has 2 heterocycles. The van der Waals surface area contributed by atoms with Crippen LogP contribution in [0.15, 0.2) is 12.3 Å². The SMILES string of the molecule is Nc1ccnc(N2CC[C@H](N)C2)n1. The van der Waals surface area contributed by atoms with E-state index in [4.69, 9.17) is 11.5 Å². The van der Waals surface area contributed by atoms with Crippen LogP contribution in [0.3, 0.4) is 0 Å². The Morgan fingerprint density at radius 2 is 2.38 bits per heavy atom. The fraction of sp³-hybridized carbons (Fsp3) is 0.500. The van der Waals surface area contributed by atoms with Gasteiger partial charge in [-0.3, -0.25) is 0 Å². The Morgan fingerprint density at radius 3 is 3.00 bits per heavy atom. The summed E-state index contributed by atoms with van der Waals surface area (Å²) >= 11 is 0. The standard InChI is InChI=1S/C8H13N5/c9-6-2-4-13(5-6)8-11-3-1-7(10)12-8/h1,3,6H,2,4-5,9H2,(H2,10,11,12)/t6-/m0/s1. The maximum absolute atomic E-state index is 5.77. The first kappa shape index (κ1) is 8.25. The Labute approximate surface area is 76.8 Å². The number of rotatable bonds is 1. The predicted molar refractivity (Wildman–Crippen MR) is 51.2 cm³/mol. The molecule has 1 aromatic rings. The van der Waals surface area contributed by atoms with Gasteiger partial charge in [0.2, 0.25) is 5.95 Å². The molecule has 0 unspecified atom stereocenters. The zero-order valence-electron chi connectivity index (χ0n) is 7.35. The smallest absolute Gasteiger partial charge is 0.227 e. The van der Waals surface area contributed by atoms with E-state index in [1.54, 1.807) is 12.3 Å². The molecular formula is C8H13N5. The highest BCUT2D eigenvalue weighted by Crippen LogP contribution is 2.14. The molecule has 1 aromatic heterocycles. The Hall–Kier alpha value is -1.36. The van der Waals surface area contributed by atoms with Gasteiger partial charge >= 0.3 is 0 Å². The third kappa shape index (κ3) is 1.70. The Bertz CT molecular complexity index is 300. The van der Waals surface area contributed by atoms with Crippen molar-refractivity contribution in [3.05, 3.63) is 12.3 Å². The van der Waals surface area contributed by atoms with Gasteiger partial charge in [-0.25, -0.2) is 4.98 Å². The molecule has 0 amide bonds. The molecule has 1 aliphatic heterocycles. The van der Waals surface area contributed by atoms with Gasteiger partial charge in [0.1, 0.15) is 5.82 Å². The Kier molecular flexibility index (Phi) is 2.02. The van der Waals surface area contributed by atoms with E-state index in [-0.39, 0.29) is 6.04 Å². The molecule has 5 heteroatoms. The van der Waals surface area contributed by atoms with Crippen molar-refractivity contribution in [3.63, 3.8) is 0 Å². The highest BCUT2D eigenvalue weighted by molar-refractivity contribution is 5.38. The molecule has 1 atom stereocenters. The summed E-state index contributed by atoms with van der Waals surface area (Å²) in [7, 11) is 0. The first-order valence-electron chi connectivity index (χ1n) is 4.35. The van der Waals surface area contributed by atoms with E-state index in [2.05, 4.69) is 14.9 Å². The summed E-state index contributed by atoms with van der Waals surface area (Å²) < 4.78 is 0. The summed E-state index contributed by atoms with van der Waals surface area (Å²) in [5.41, 5.74) is 11.3. The molecule has 1 saturated heterocycles. The molecule has 0 spiro atoms. The first-order chi connectivity index (χ1) is 6.25. The van der Waals surface area contributed by atoms with Gasteiger partial charge in [-0.15, -0.1) is 0 Å². The molecule has 0 aliphatic carbocycles. The Balaban J connectivity index is 2.16. The molecule has 13 heavy (non-hydrogen) atoms. The molecule has 0 aromatic carbocycles. The van der Waals surface area contributed by atoms with E-state index in [0.717, 1.165) is 19.5 Å². The van der Waals surface area contributed by atoms with E-state index in [9.17, 15) is 0 Å². The van der Waals surface area contributed by atoms with Gasteiger partial charge in [-0.2, -0.15) is 4.98 Å². The minimum atomic E-state index is 0.241. The summed E-state index contributed by atoms with van der Waals surface area (Å²) in [4.78, 5) is 10.3. The predicted octanol–water partition coefficient (Wildman–Crippen LogP) is -0.404. The van der Waals surface area contributed by atoms with Crippen LogP contribution in [-0.2, 0) is 0 Å². The summed E-state index contributed by atoms with van der Waals surface area (Å²) in [6.45, 7) is 1.74. The highest BCUT2D eigenvalue weighted by atomic mass is 15.3. The normalized spacial score (nSPS) is 22.2. The van der Waals surface area contributed by atoms with Crippen LogP contribution in [0.25, 0.3) is 0 Å². The van der Waals surface area contributed by atoms with Gasteiger partial charge in [0.15, 0.2) is 0 Å². The van der Waals surface area contributed by atoms with Gasteiger partial charge in [-0.05, 0) is 12.5 Å². The summed E-state index contributed by atoms with van der Waals surface area (Å²) in [6, 6.07) is 1.92. The largest absolute Gasteiger partial charge is 0.384 e. The lowest BCUT2D eigenvalue weighted by atomic mass is 10.3. The molecule has 4 N–H and O–H groups in total. The number of aromatic nitrogens is 2. The minimum absolute atomic E-state index is 0.241. The van der Waals surface area contributed by atoms with Crippen molar-refractivity contribution in [3.8, 4) is 0 Å². The number of anilines is 2. The lowest BCUT2D eigenvalue weighted by Crippen LogP contribution is -2.27. The van der Waals surface area contributed by atoms with Crippen molar-refractivity contribution in [1.29, 1.82) is 0 Å². The monoisotopic (exact) mass is 179 g/mol. The van der Waals surface area contributed by atoms with E-state index in [1.807, 2.05) is 0 Å². The number of nitrogens with zero attached hydrogens (tertiary/aromatic N) is 3. The summed E-state index contributed by atoms with van der Waals surface area (Å²) in [5, 5.41) is 0. The number of nitrogens with two attached hydrogens (primary N) is 2. The van der Waals surface area contributed by atoms with Crippen molar-refractivity contribution < 1.29 is 0 Å². The number of nitrogen functional groups attached to an aromatic ring is 1. The second-order valence-electron chi connectivity index (χ2n) is 3.28. The summed E-state index contributed by atoms with van der Waals surface area (Å²) in [5.74, 6) is 1.19. The van der Waals surface area contributed by atoms with Crippen molar-refractivity contribution in [2.24, 2.45) is 5.73 Å². The van der Waals surface area contributed by atoms with Crippen LogP contribution in [0.2, 0.25) is 0 Å². The third-order valence-corrected chi connectivity index (χ3v) is 2.17. The van der Waals surface area contributed by atoms with Gasteiger partial charge in [-0.1, -0.05) is 0 Å². The van der Waals surface area contributed by atoms with Crippen LogP contribution in [0.1, 0.15) is 6.42 Å². The van der Waals surface area contributed by atoms with Gasteiger partial charge < -0.3 is 16.4 Å². The maximum atomic E-state index is 5.77. The lowest BCUT2D eigenvalue weighted by molar-refractivity contribution is 0.750. The molecule has 0 saturated carbocycles. The molecule has 0 radical (unpaired) electrons. The molecule has 1 fully saturated rings. The number of hydrogen-bond donors (Lipinski definition) is 2. The average Bonchev–Trinajstić information content (AvgIpc) is 2.52.